The topological polar surface area (TPSA) is 98.5 Å². The number of ketones is 1. The molecule has 1 atom stereocenters. The van der Waals surface area contributed by atoms with Gasteiger partial charge >= 0.3 is 5.97 Å². The van der Waals surface area contributed by atoms with Crippen LogP contribution in [0.15, 0.2) is 58.2 Å². The molecule has 0 aliphatic rings. The van der Waals surface area contributed by atoms with Gasteiger partial charge in [0.05, 0.1) is 0 Å². The number of aromatic nitrogens is 1. The molecule has 1 aromatic heterocycles. The van der Waals surface area contributed by atoms with Gasteiger partial charge in [-0.2, -0.15) is 0 Å². The number of nitrogens with one attached hydrogen (secondary N) is 1. The number of esters is 1. The van der Waals surface area contributed by atoms with Crippen LogP contribution in [0.25, 0.3) is 11.1 Å². The lowest BCUT2D eigenvalue weighted by Gasteiger charge is -2.12. The van der Waals surface area contributed by atoms with E-state index in [1.807, 2.05) is 18.2 Å². The number of benzene rings is 2. The van der Waals surface area contributed by atoms with Crippen LogP contribution in [0.5, 0.6) is 0 Å². The summed E-state index contributed by atoms with van der Waals surface area (Å²) in [6.45, 7) is 2.92. The Hall–Kier alpha value is -3.13. The average Bonchev–Trinajstić information content (AvgIpc) is 3.09. The number of Topliss-reactive ketones (excluding diaryl/α,β-unsaturated/α-hetero) is 1. The second-order valence-corrected chi connectivity index (χ2v) is 6.92. The molecule has 3 aromatic rings. The van der Waals surface area contributed by atoms with E-state index >= 15 is 0 Å². The Morgan fingerprint density at radius 1 is 1.14 bits per heavy atom. The molecule has 1 N–H and O–H groups in total. The van der Waals surface area contributed by atoms with Crippen molar-refractivity contribution in [1.82, 2.24) is 4.98 Å². The minimum absolute atomic E-state index is 0.0219. The molecule has 1 heterocycles. The lowest BCUT2D eigenvalue weighted by molar-refractivity contribution is -0.143. The molecule has 8 heteroatoms. The number of amides is 1. The molecule has 0 bridgehead atoms. The molecule has 0 fully saturated rings. The van der Waals surface area contributed by atoms with Crippen LogP contribution in [-0.2, 0) is 14.3 Å². The zero-order valence-corrected chi connectivity index (χ0v) is 16.1. The first-order valence-electron chi connectivity index (χ1n) is 8.52. The predicted molar refractivity (Wildman–Crippen MR) is 105 cm³/mol. The number of nitrogens with zero attached hydrogens (tertiary/aromatic N) is 1. The maximum Gasteiger partial charge on any atom is 0.317 e. The molecule has 2 aromatic carbocycles. The summed E-state index contributed by atoms with van der Waals surface area (Å²) in [6, 6.07) is 13.7. The summed E-state index contributed by atoms with van der Waals surface area (Å²) in [5.41, 5.74) is 2.33. The predicted octanol–water partition coefficient (Wildman–Crippen LogP) is 3.69. The van der Waals surface area contributed by atoms with Gasteiger partial charge in [0.2, 0.25) is 11.7 Å². The van der Waals surface area contributed by atoms with E-state index in [0.29, 0.717) is 27.6 Å². The molecule has 0 spiro atoms. The number of hydrogen-bond donors (Lipinski definition) is 1. The van der Waals surface area contributed by atoms with Crippen LogP contribution in [0.1, 0.15) is 24.2 Å². The van der Waals surface area contributed by atoms with Crippen molar-refractivity contribution in [1.29, 1.82) is 0 Å². The minimum Gasteiger partial charge on any atom is -0.454 e. The van der Waals surface area contributed by atoms with Crippen molar-refractivity contribution < 1.29 is 23.5 Å². The van der Waals surface area contributed by atoms with Gasteiger partial charge in [0.15, 0.2) is 11.7 Å². The molecule has 7 nitrogen and oxygen atoms in total. The number of ether oxygens (including phenoxy) is 1. The highest BCUT2D eigenvalue weighted by atomic mass is 32.2. The van der Waals surface area contributed by atoms with E-state index in [1.54, 1.807) is 30.3 Å². The zero-order valence-electron chi connectivity index (χ0n) is 15.3. The van der Waals surface area contributed by atoms with Crippen LogP contribution in [0, 0.1) is 0 Å². The first-order chi connectivity index (χ1) is 13.4. The summed E-state index contributed by atoms with van der Waals surface area (Å²) >= 11 is 1.11. The fraction of sp³-hybridized carbons (Fsp3) is 0.200. The van der Waals surface area contributed by atoms with Crippen molar-refractivity contribution in [2.24, 2.45) is 0 Å². The molecule has 0 saturated heterocycles. The van der Waals surface area contributed by atoms with Gasteiger partial charge < -0.3 is 14.5 Å². The summed E-state index contributed by atoms with van der Waals surface area (Å²) in [5, 5.41) is 2.99. The number of carbonyl (C=O) groups excluding carboxylic acids is 3. The monoisotopic (exact) mass is 398 g/mol. The number of fused-ring (bicyclic) bond motifs is 1. The van der Waals surface area contributed by atoms with Gasteiger partial charge in [-0.15, -0.1) is 0 Å². The van der Waals surface area contributed by atoms with E-state index in [4.69, 9.17) is 9.15 Å². The van der Waals surface area contributed by atoms with E-state index < -0.39 is 12.1 Å². The summed E-state index contributed by atoms with van der Waals surface area (Å²) < 4.78 is 10.7. The van der Waals surface area contributed by atoms with Crippen molar-refractivity contribution in [2.75, 3.05) is 11.1 Å². The van der Waals surface area contributed by atoms with Crippen LogP contribution in [0.3, 0.4) is 0 Å². The van der Waals surface area contributed by atoms with Gasteiger partial charge in [0.1, 0.15) is 11.3 Å². The maximum atomic E-state index is 12.4. The van der Waals surface area contributed by atoms with Crippen LogP contribution in [0.2, 0.25) is 0 Å². The quantitative estimate of drug-likeness (QED) is 0.368. The molecule has 0 unspecified atom stereocenters. The zero-order chi connectivity index (χ0) is 20.1. The van der Waals surface area contributed by atoms with E-state index in [9.17, 15) is 14.4 Å². The Morgan fingerprint density at radius 3 is 2.54 bits per heavy atom. The van der Waals surface area contributed by atoms with Gasteiger partial charge in [-0.1, -0.05) is 23.9 Å². The SMILES string of the molecule is CC(=O)Nc1ccc(C(=O)[C@H](C)OC(=O)CSc2nc3ccccc3o2)cc1. The number of oxazole rings is 1. The number of para-hydroxylation sites is 2. The van der Waals surface area contributed by atoms with Crippen LogP contribution >= 0.6 is 11.8 Å². The van der Waals surface area contributed by atoms with Crippen molar-refractivity contribution >= 4 is 46.2 Å². The van der Waals surface area contributed by atoms with Crippen molar-refractivity contribution in [3.63, 3.8) is 0 Å². The van der Waals surface area contributed by atoms with Gasteiger partial charge in [0.25, 0.3) is 5.22 Å². The van der Waals surface area contributed by atoms with Crippen molar-refractivity contribution in [3.8, 4) is 0 Å². The Labute approximate surface area is 165 Å². The minimum atomic E-state index is -0.927. The standard InChI is InChI=1S/C20H18N2O5S/c1-12(19(25)14-7-9-15(10-8-14)21-13(2)23)26-18(24)11-28-20-22-16-5-3-4-6-17(16)27-20/h3-10,12H,11H2,1-2H3,(H,21,23)/t12-/m0/s1. The number of carbonyl (C=O) groups is 3. The third-order valence-corrected chi connectivity index (χ3v) is 4.56. The smallest absolute Gasteiger partial charge is 0.317 e. The van der Waals surface area contributed by atoms with Crippen LogP contribution in [0.4, 0.5) is 5.69 Å². The highest BCUT2D eigenvalue weighted by Crippen LogP contribution is 2.23. The summed E-state index contributed by atoms with van der Waals surface area (Å²) in [5.74, 6) is -1.08. The fourth-order valence-electron chi connectivity index (χ4n) is 2.47. The van der Waals surface area contributed by atoms with Crippen LogP contribution in [-0.4, -0.2) is 34.5 Å². The second kappa shape index (κ2) is 8.71. The fourth-order valence-corrected chi connectivity index (χ4v) is 3.09. The van der Waals surface area contributed by atoms with E-state index in [2.05, 4.69) is 10.3 Å². The van der Waals surface area contributed by atoms with Gasteiger partial charge in [-0.25, -0.2) is 4.98 Å². The highest BCUT2D eigenvalue weighted by molar-refractivity contribution is 7.99. The first-order valence-corrected chi connectivity index (χ1v) is 9.50. The van der Waals surface area contributed by atoms with E-state index in [0.717, 1.165) is 11.8 Å². The van der Waals surface area contributed by atoms with Gasteiger partial charge in [-0.05, 0) is 43.3 Å². The third-order valence-electron chi connectivity index (χ3n) is 3.75. The molecule has 0 saturated carbocycles. The molecule has 0 radical (unpaired) electrons. The molecule has 3 rings (SSSR count). The molecule has 144 valence electrons. The average molecular weight is 398 g/mol. The van der Waals surface area contributed by atoms with Gasteiger partial charge in [0, 0.05) is 18.2 Å². The normalized spacial score (nSPS) is 11.8. The summed E-state index contributed by atoms with van der Waals surface area (Å²) in [6.07, 6.45) is -0.927. The Morgan fingerprint density at radius 2 is 1.86 bits per heavy atom. The van der Waals surface area contributed by atoms with Crippen LogP contribution < -0.4 is 5.32 Å². The molecule has 28 heavy (non-hydrogen) atoms. The molecule has 0 aliphatic carbocycles. The largest absolute Gasteiger partial charge is 0.454 e. The summed E-state index contributed by atoms with van der Waals surface area (Å²) in [7, 11) is 0. The number of hydrogen-bond acceptors (Lipinski definition) is 7. The van der Waals surface area contributed by atoms with E-state index in [1.165, 1.54) is 13.8 Å². The third kappa shape index (κ3) is 4.98. The Balaban J connectivity index is 1.52. The first kappa shape index (κ1) is 19.6. The number of anilines is 1. The second-order valence-electron chi connectivity index (χ2n) is 5.99. The maximum absolute atomic E-state index is 12.4. The summed E-state index contributed by atoms with van der Waals surface area (Å²) in [4.78, 5) is 39.7. The molecular weight excluding hydrogens is 380 g/mol. The molecule has 0 aliphatic heterocycles. The Kier molecular flexibility index (Phi) is 6.10. The van der Waals surface area contributed by atoms with E-state index in [-0.39, 0.29) is 17.4 Å². The lowest BCUT2D eigenvalue weighted by atomic mass is 10.1. The Bertz CT molecular complexity index is 980. The van der Waals surface area contributed by atoms with Crippen molar-refractivity contribution in [2.45, 2.75) is 25.2 Å². The van der Waals surface area contributed by atoms with Gasteiger partial charge in [-0.3, -0.25) is 14.4 Å². The van der Waals surface area contributed by atoms with Crippen molar-refractivity contribution in [3.05, 3.63) is 54.1 Å². The lowest BCUT2D eigenvalue weighted by Crippen LogP contribution is -2.25. The molecule has 1 amide bonds. The number of rotatable bonds is 7. The molecular formula is C20H18N2O5S. The number of thioether (sulfide) groups is 1. The highest BCUT2D eigenvalue weighted by Gasteiger charge is 2.20.